The summed E-state index contributed by atoms with van der Waals surface area (Å²) in [5, 5.41) is 2.79. The lowest BCUT2D eigenvalue weighted by atomic mass is 10.1. The van der Waals surface area contributed by atoms with Crippen molar-refractivity contribution in [2.75, 3.05) is 23.3 Å². The zero-order valence-corrected chi connectivity index (χ0v) is 10.6. The van der Waals surface area contributed by atoms with Crippen molar-refractivity contribution in [3.05, 3.63) is 30.2 Å². The van der Waals surface area contributed by atoms with Gasteiger partial charge < -0.3 is 15.8 Å². The average Bonchev–Trinajstić information content (AvgIpc) is 2.79. The van der Waals surface area contributed by atoms with Gasteiger partial charge in [-0.1, -0.05) is 6.07 Å². The number of aryl methyl sites for hydroxylation is 1. The van der Waals surface area contributed by atoms with Crippen LogP contribution >= 0.6 is 0 Å². The average molecular weight is 260 g/mol. The Kier molecular flexibility index (Phi) is 2.87. The van der Waals surface area contributed by atoms with E-state index in [1.54, 1.807) is 0 Å². The molecule has 6 nitrogen and oxygen atoms in total. The van der Waals surface area contributed by atoms with Gasteiger partial charge in [0.15, 0.2) is 5.88 Å². The Balaban J connectivity index is 1.88. The summed E-state index contributed by atoms with van der Waals surface area (Å²) in [5.41, 5.74) is 6.65. The minimum Gasteiger partial charge on any atom is -0.473 e. The van der Waals surface area contributed by atoms with E-state index in [0.717, 1.165) is 17.8 Å². The number of rotatable bonds is 2. The zero-order valence-electron chi connectivity index (χ0n) is 10.6. The lowest BCUT2D eigenvalue weighted by Gasteiger charge is -2.20. The molecule has 2 aliphatic heterocycles. The summed E-state index contributed by atoms with van der Waals surface area (Å²) in [6, 6.07) is 3.91. The van der Waals surface area contributed by atoms with E-state index in [0.29, 0.717) is 31.2 Å². The molecule has 1 aromatic heterocycles. The Labute approximate surface area is 111 Å². The summed E-state index contributed by atoms with van der Waals surface area (Å²) in [5.74, 6) is 1.91. The molecular formula is C13H16N4O2. The summed E-state index contributed by atoms with van der Waals surface area (Å²) in [4.78, 5) is 17.7. The maximum absolute atomic E-state index is 11.4. The fraction of sp³-hybridized carbons (Fsp3) is 0.385. The summed E-state index contributed by atoms with van der Waals surface area (Å²) in [6.45, 7) is 4.93. The molecule has 3 rings (SSSR count). The maximum Gasteiger partial charge on any atom is 0.225 e. The summed E-state index contributed by atoms with van der Waals surface area (Å²) < 4.78 is 5.52. The predicted molar refractivity (Wildman–Crippen MR) is 71.6 cm³/mol. The number of nitrogens with one attached hydrogen (secondary N) is 1. The number of amides is 1. The molecule has 0 bridgehead atoms. The van der Waals surface area contributed by atoms with E-state index in [9.17, 15) is 4.79 Å². The number of nitrogens with two attached hydrogens (primary N) is 1. The van der Waals surface area contributed by atoms with Crippen LogP contribution in [0, 0.1) is 0 Å². The summed E-state index contributed by atoms with van der Waals surface area (Å²) in [6.07, 6.45) is 1.19. The van der Waals surface area contributed by atoms with Crippen LogP contribution in [0.25, 0.3) is 0 Å². The van der Waals surface area contributed by atoms with Gasteiger partial charge in [-0.15, -0.1) is 0 Å². The van der Waals surface area contributed by atoms with E-state index < -0.39 is 0 Å². The highest BCUT2D eigenvalue weighted by Crippen LogP contribution is 2.28. The third kappa shape index (κ3) is 2.15. The number of hydrogen-bond donors (Lipinski definition) is 2. The van der Waals surface area contributed by atoms with Gasteiger partial charge in [-0.2, -0.15) is 0 Å². The van der Waals surface area contributed by atoms with Crippen LogP contribution < -0.4 is 16.0 Å². The molecule has 1 unspecified atom stereocenters. The van der Waals surface area contributed by atoms with Crippen LogP contribution in [0.2, 0.25) is 0 Å². The van der Waals surface area contributed by atoms with Crippen LogP contribution in [0.1, 0.15) is 12.0 Å². The van der Waals surface area contributed by atoms with Gasteiger partial charge in [-0.25, -0.2) is 4.98 Å². The number of ether oxygens (including phenoxy) is 1. The first-order valence-corrected chi connectivity index (χ1v) is 6.30. The van der Waals surface area contributed by atoms with Crippen LogP contribution in [0.4, 0.5) is 11.6 Å². The number of fused-ring (bicyclic) bond motifs is 1. The summed E-state index contributed by atoms with van der Waals surface area (Å²) >= 11 is 0. The van der Waals surface area contributed by atoms with Gasteiger partial charge in [0.05, 0.1) is 6.54 Å². The second-order valence-electron chi connectivity index (χ2n) is 4.71. The highest BCUT2D eigenvalue weighted by atomic mass is 16.5. The van der Waals surface area contributed by atoms with E-state index >= 15 is 0 Å². The number of carbonyl (C=O) groups excluding carboxylic acids is 1. The van der Waals surface area contributed by atoms with Crippen LogP contribution in [-0.2, 0) is 16.0 Å². The van der Waals surface area contributed by atoms with Crippen LogP contribution in [0.5, 0.6) is 0 Å². The third-order valence-corrected chi connectivity index (χ3v) is 3.37. The van der Waals surface area contributed by atoms with Gasteiger partial charge in [0.25, 0.3) is 0 Å². The van der Waals surface area contributed by atoms with Gasteiger partial charge in [0.2, 0.25) is 5.91 Å². The molecule has 1 saturated heterocycles. The largest absolute Gasteiger partial charge is 0.473 e. The number of anilines is 2. The molecule has 100 valence electrons. The monoisotopic (exact) mass is 260 g/mol. The van der Waals surface area contributed by atoms with Crippen molar-refractivity contribution in [1.82, 2.24) is 4.98 Å². The Morgan fingerprint density at radius 3 is 3.11 bits per heavy atom. The van der Waals surface area contributed by atoms with Crippen LogP contribution in [-0.4, -0.2) is 30.1 Å². The van der Waals surface area contributed by atoms with Crippen molar-refractivity contribution in [3.63, 3.8) is 0 Å². The maximum atomic E-state index is 11.4. The van der Waals surface area contributed by atoms with Gasteiger partial charge in [-0.05, 0) is 24.6 Å². The van der Waals surface area contributed by atoms with Crippen LogP contribution in [0.3, 0.4) is 0 Å². The molecule has 1 atom stereocenters. The lowest BCUT2D eigenvalue weighted by molar-refractivity contribution is -0.116. The van der Waals surface area contributed by atoms with Gasteiger partial charge in [0.1, 0.15) is 17.7 Å². The highest BCUT2D eigenvalue weighted by molar-refractivity contribution is 5.93. The molecule has 3 heterocycles. The Morgan fingerprint density at radius 2 is 2.37 bits per heavy atom. The Morgan fingerprint density at radius 1 is 1.53 bits per heavy atom. The molecule has 2 aliphatic rings. The van der Waals surface area contributed by atoms with E-state index in [1.807, 2.05) is 17.0 Å². The molecule has 1 fully saturated rings. The SMILES string of the molecule is C=C1OC(CN)CN1c1ccc2c(n1)NC(=O)CC2. The zero-order chi connectivity index (χ0) is 13.4. The van der Waals surface area contributed by atoms with Gasteiger partial charge in [0, 0.05) is 13.0 Å². The number of nitrogens with zero attached hydrogens (tertiary/aromatic N) is 2. The van der Waals surface area contributed by atoms with Crippen molar-refractivity contribution in [3.8, 4) is 0 Å². The molecule has 0 saturated carbocycles. The standard InChI is InChI=1S/C13H16N4O2/c1-8-17(7-10(6-14)19-8)11-4-2-9-3-5-12(18)16-13(9)15-11/h2,4,10H,1,3,5-7,14H2,(H,15,16,18). The quantitative estimate of drug-likeness (QED) is 0.814. The molecule has 0 aliphatic carbocycles. The second-order valence-corrected chi connectivity index (χ2v) is 4.71. The van der Waals surface area contributed by atoms with Crippen molar-refractivity contribution >= 4 is 17.5 Å². The molecular weight excluding hydrogens is 244 g/mol. The first-order valence-electron chi connectivity index (χ1n) is 6.30. The van der Waals surface area contributed by atoms with Crippen LogP contribution in [0.15, 0.2) is 24.6 Å². The molecule has 3 N–H and O–H groups in total. The van der Waals surface area contributed by atoms with Crippen molar-refractivity contribution in [1.29, 1.82) is 0 Å². The molecule has 1 amide bonds. The normalized spacial score (nSPS) is 21.9. The van der Waals surface area contributed by atoms with Crippen molar-refractivity contribution < 1.29 is 9.53 Å². The first kappa shape index (κ1) is 12.0. The van der Waals surface area contributed by atoms with E-state index in [2.05, 4.69) is 16.9 Å². The third-order valence-electron chi connectivity index (χ3n) is 3.37. The number of pyridine rings is 1. The molecule has 6 heteroatoms. The number of aromatic nitrogens is 1. The van der Waals surface area contributed by atoms with E-state index in [1.165, 1.54) is 0 Å². The molecule has 19 heavy (non-hydrogen) atoms. The fourth-order valence-corrected chi connectivity index (χ4v) is 2.32. The highest BCUT2D eigenvalue weighted by Gasteiger charge is 2.28. The topological polar surface area (TPSA) is 80.5 Å². The smallest absolute Gasteiger partial charge is 0.225 e. The van der Waals surface area contributed by atoms with E-state index in [-0.39, 0.29) is 12.0 Å². The summed E-state index contributed by atoms with van der Waals surface area (Å²) in [7, 11) is 0. The van der Waals surface area contributed by atoms with E-state index in [4.69, 9.17) is 10.5 Å². The van der Waals surface area contributed by atoms with Gasteiger partial charge in [-0.3, -0.25) is 9.69 Å². The molecule has 1 aromatic rings. The second kappa shape index (κ2) is 4.55. The molecule has 0 aromatic carbocycles. The number of hydrogen-bond acceptors (Lipinski definition) is 5. The molecule has 0 radical (unpaired) electrons. The minimum atomic E-state index is -0.0556. The van der Waals surface area contributed by atoms with Gasteiger partial charge >= 0.3 is 0 Å². The minimum absolute atomic E-state index is 0.00785. The fourth-order valence-electron chi connectivity index (χ4n) is 2.32. The predicted octanol–water partition coefficient (Wildman–Crippen LogP) is 0.601. The first-order chi connectivity index (χ1) is 9.17. The van der Waals surface area contributed by atoms with Crippen molar-refractivity contribution in [2.24, 2.45) is 5.73 Å². The lowest BCUT2D eigenvalue weighted by Crippen LogP contribution is -2.27. The Hall–Kier alpha value is -2.08. The van der Waals surface area contributed by atoms with Crippen molar-refractivity contribution in [2.45, 2.75) is 18.9 Å². The molecule has 0 spiro atoms. The Bertz CT molecular complexity index is 543. The number of carbonyl (C=O) groups is 1.